The van der Waals surface area contributed by atoms with Crippen LogP contribution in [0, 0.1) is 11.7 Å². The quantitative estimate of drug-likeness (QED) is 0.573. The normalized spacial score (nSPS) is 21.0. The summed E-state index contributed by atoms with van der Waals surface area (Å²) in [4.78, 5) is 13.1. The Morgan fingerprint density at radius 3 is 2.47 bits per heavy atom. The highest BCUT2D eigenvalue weighted by Crippen LogP contribution is 2.47. The van der Waals surface area contributed by atoms with Crippen LogP contribution in [0.15, 0.2) is 66.7 Å². The van der Waals surface area contributed by atoms with E-state index in [1.807, 2.05) is 41.3 Å². The molecule has 5 heteroatoms. The zero-order valence-electron chi connectivity index (χ0n) is 17.8. The standard InChI is InChI=1S/C27H26FNO3/c28-24-14-20(6-9-25(24)29-12-10-18(16-30)11-13-29)27-22-8-7-21(31)15-26(22)32-17-23(27)19-4-2-1-3-5-19/h1-9,14-16,18,23,27,31H,10-13,17H2/t23-,27-/m1/s1. The topological polar surface area (TPSA) is 49.8 Å². The van der Waals surface area contributed by atoms with Gasteiger partial charge in [-0.25, -0.2) is 4.39 Å². The Balaban J connectivity index is 1.52. The molecule has 2 atom stereocenters. The van der Waals surface area contributed by atoms with E-state index in [1.165, 1.54) is 0 Å². The molecule has 0 amide bonds. The summed E-state index contributed by atoms with van der Waals surface area (Å²) < 4.78 is 21.4. The van der Waals surface area contributed by atoms with Crippen LogP contribution in [0.1, 0.15) is 41.4 Å². The van der Waals surface area contributed by atoms with E-state index in [1.54, 1.807) is 18.2 Å². The number of carbonyl (C=O) groups is 1. The first-order valence-electron chi connectivity index (χ1n) is 11.1. The summed E-state index contributed by atoms with van der Waals surface area (Å²) in [5.74, 6) is 0.567. The molecule has 2 aliphatic rings. The Kier molecular flexibility index (Phi) is 5.56. The van der Waals surface area contributed by atoms with Gasteiger partial charge in [-0.2, -0.15) is 0 Å². The second-order valence-electron chi connectivity index (χ2n) is 8.70. The molecule has 5 rings (SSSR count). The molecule has 0 unspecified atom stereocenters. The third kappa shape index (κ3) is 3.83. The highest BCUT2D eigenvalue weighted by Gasteiger charge is 2.34. The van der Waals surface area contributed by atoms with E-state index in [-0.39, 0.29) is 29.3 Å². The molecule has 2 heterocycles. The average molecular weight is 432 g/mol. The van der Waals surface area contributed by atoms with Crippen LogP contribution in [0.25, 0.3) is 0 Å². The number of rotatable bonds is 4. The molecule has 0 radical (unpaired) electrons. The van der Waals surface area contributed by atoms with Crippen molar-refractivity contribution in [1.82, 2.24) is 0 Å². The molecule has 1 saturated heterocycles. The first kappa shape index (κ1) is 20.6. The van der Waals surface area contributed by atoms with E-state index < -0.39 is 0 Å². The summed E-state index contributed by atoms with van der Waals surface area (Å²) in [5, 5.41) is 9.92. The number of phenols is 1. The average Bonchev–Trinajstić information content (AvgIpc) is 2.84. The van der Waals surface area contributed by atoms with Gasteiger partial charge in [0.1, 0.15) is 23.6 Å². The van der Waals surface area contributed by atoms with Crippen molar-refractivity contribution in [2.75, 3.05) is 24.6 Å². The van der Waals surface area contributed by atoms with Crippen molar-refractivity contribution in [2.45, 2.75) is 24.7 Å². The zero-order chi connectivity index (χ0) is 22.1. The number of hydrogen-bond acceptors (Lipinski definition) is 4. The van der Waals surface area contributed by atoms with Crippen LogP contribution < -0.4 is 9.64 Å². The molecular formula is C27H26FNO3. The van der Waals surface area contributed by atoms with Crippen LogP contribution in [0.5, 0.6) is 11.5 Å². The van der Waals surface area contributed by atoms with E-state index in [0.29, 0.717) is 31.1 Å². The van der Waals surface area contributed by atoms with E-state index in [4.69, 9.17) is 4.74 Å². The molecule has 32 heavy (non-hydrogen) atoms. The molecule has 4 nitrogen and oxygen atoms in total. The van der Waals surface area contributed by atoms with Crippen LogP contribution in [0.2, 0.25) is 0 Å². The summed E-state index contributed by atoms with van der Waals surface area (Å²) in [6.45, 7) is 1.82. The van der Waals surface area contributed by atoms with E-state index in [2.05, 4.69) is 12.1 Å². The number of ether oxygens (including phenoxy) is 1. The van der Waals surface area contributed by atoms with Crippen LogP contribution in [0.3, 0.4) is 0 Å². The maximum atomic E-state index is 15.4. The lowest BCUT2D eigenvalue weighted by molar-refractivity contribution is -0.111. The van der Waals surface area contributed by atoms with Crippen molar-refractivity contribution in [1.29, 1.82) is 0 Å². The van der Waals surface area contributed by atoms with Crippen molar-refractivity contribution in [3.05, 3.63) is 89.2 Å². The third-order valence-corrected chi connectivity index (χ3v) is 6.78. The lowest BCUT2D eigenvalue weighted by Gasteiger charge is -2.35. The fraction of sp³-hybridized carbons (Fsp3) is 0.296. The number of anilines is 1. The number of phenolic OH excluding ortho intramolecular Hbond substituents is 1. The molecule has 0 aromatic heterocycles. The first-order valence-corrected chi connectivity index (χ1v) is 11.1. The van der Waals surface area contributed by atoms with Gasteiger partial charge in [0.15, 0.2) is 0 Å². The van der Waals surface area contributed by atoms with Crippen LogP contribution in [-0.4, -0.2) is 31.1 Å². The van der Waals surface area contributed by atoms with Crippen molar-refractivity contribution >= 4 is 12.0 Å². The number of halogens is 1. The Labute approximate surface area is 187 Å². The molecule has 2 aliphatic heterocycles. The van der Waals surface area contributed by atoms with Crippen molar-refractivity contribution in [2.24, 2.45) is 5.92 Å². The maximum absolute atomic E-state index is 15.4. The van der Waals surface area contributed by atoms with Crippen molar-refractivity contribution in [3.63, 3.8) is 0 Å². The first-order chi connectivity index (χ1) is 15.6. The van der Waals surface area contributed by atoms with E-state index >= 15 is 4.39 Å². The van der Waals surface area contributed by atoms with Crippen LogP contribution in [0.4, 0.5) is 10.1 Å². The van der Waals surface area contributed by atoms with E-state index in [0.717, 1.165) is 35.8 Å². The van der Waals surface area contributed by atoms with Crippen molar-refractivity contribution < 1.29 is 19.0 Å². The molecule has 3 aromatic rings. The number of fused-ring (bicyclic) bond motifs is 1. The molecular weight excluding hydrogens is 405 g/mol. The number of nitrogens with zero attached hydrogens (tertiary/aromatic N) is 1. The second-order valence-corrected chi connectivity index (χ2v) is 8.70. The highest BCUT2D eigenvalue weighted by atomic mass is 19.1. The summed E-state index contributed by atoms with van der Waals surface area (Å²) in [6, 6.07) is 20.8. The molecule has 0 bridgehead atoms. The van der Waals surface area contributed by atoms with Gasteiger partial charge in [0.05, 0.1) is 12.3 Å². The summed E-state index contributed by atoms with van der Waals surface area (Å²) in [6.07, 6.45) is 2.54. The van der Waals surface area contributed by atoms with Gasteiger partial charge in [-0.05, 0) is 42.2 Å². The predicted octanol–water partition coefficient (Wildman–Crippen LogP) is 5.25. The van der Waals surface area contributed by atoms with Gasteiger partial charge < -0.3 is 19.5 Å². The van der Waals surface area contributed by atoms with Crippen LogP contribution in [-0.2, 0) is 4.79 Å². The minimum atomic E-state index is -0.245. The molecule has 0 saturated carbocycles. The largest absolute Gasteiger partial charge is 0.508 e. The van der Waals surface area contributed by atoms with Gasteiger partial charge in [-0.15, -0.1) is 0 Å². The zero-order valence-corrected chi connectivity index (χ0v) is 17.8. The molecule has 1 N–H and O–H groups in total. The fourth-order valence-corrected chi connectivity index (χ4v) is 5.05. The number of benzene rings is 3. The van der Waals surface area contributed by atoms with Gasteiger partial charge in [0, 0.05) is 42.5 Å². The molecule has 164 valence electrons. The number of piperidine rings is 1. The second kappa shape index (κ2) is 8.65. The Morgan fingerprint density at radius 1 is 0.969 bits per heavy atom. The third-order valence-electron chi connectivity index (χ3n) is 6.78. The number of carbonyl (C=O) groups excluding carboxylic acids is 1. The predicted molar refractivity (Wildman–Crippen MR) is 122 cm³/mol. The lowest BCUT2D eigenvalue weighted by atomic mass is 9.76. The van der Waals surface area contributed by atoms with Crippen LogP contribution >= 0.6 is 0 Å². The van der Waals surface area contributed by atoms with E-state index in [9.17, 15) is 9.90 Å². The molecule has 3 aromatic carbocycles. The summed E-state index contributed by atoms with van der Waals surface area (Å²) >= 11 is 0. The van der Waals surface area contributed by atoms with Gasteiger partial charge >= 0.3 is 0 Å². The maximum Gasteiger partial charge on any atom is 0.146 e. The minimum Gasteiger partial charge on any atom is -0.508 e. The molecule has 0 spiro atoms. The van der Waals surface area contributed by atoms with Gasteiger partial charge in [0.25, 0.3) is 0 Å². The Bertz CT molecular complexity index is 1110. The van der Waals surface area contributed by atoms with Gasteiger partial charge in [-0.3, -0.25) is 0 Å². The molecule has 1 fully saturated rings. The van der Waals surface area contributed by atoms with Crippen molar-refractivity contribution in [3.8, 4) is 11.5 Å². The Hall–Kier alpha value is -3.34. The summed E-state index contributed by atoms with van der Waals surface area (Å²) in [7, 11) is 0. The fourth-order valence-electron chi connectivity index (χ4n) is 5.05. The number of aromatic hydroxyl groups is 1. The summed E-state index contributed by atoms with van der Waals surface area (Å²) in [5.41, 5.74) is 3.56. The van der Waals surface area contributed by atoms with Gasteiger partial charge in [0.2, 0.25) is 0 Å². The molecule has 0 aliphatic carbocycles. The monoisotopic (exact) mass is 431 g/mol. The number of aldehydes is 1. The smallest absolute Gasteiger partial charge is 0.146 e. The highest BCUT2D eigenvalue weighted by molar-refractivity contribution is 5.57. The lowest BCUT2D eigenvalue weighted by Crippen LogP contribution is -2.34. The minimum absolute atomic E-state index is 0.0295. The van der Waals surface area contributed by atoms with Gasteiger partial charge in [-0.1, -0.05) is 42.5 Å². The SMILES string of the molecule is O=CC1CCN(c2ccc([C@@H]3c4ccc(O)cc4OC[C@@H]3c3ccccc3)cc2F)CC1. The Morgan fingerprint density at radius 2 is 1.75 bits per heavy atom. The number of hydrogen-bond donors (Lipinski definition) is 1.